The molecule has 1 aliphatic carbocycles. The van der Waals surface area contributed by atoms with Crippen molar-refractivity contribution < 1.29 is 0 Å². The lowest BCUT2D eigenvalue weighted by Crippen LogP contribution is -2.33. The number of benzene rings is 7. The van der Waals surface area contributed by atoms with Gasteiger partial charge in [-0.15, -0.1) is 0 Å². The van der Waals surface area contributed by atoms with Crippen LogP contribution in [-0.4, -0.2) is 12.1 Å². The van der Waals surface area contributed by atoms with E-state index < -0.39 is 0 Å². The summed E-state index contributed by atoms with van der Waals surface area (Å²) in [6.45, 7) is 9.51. The van der Waals surface area contributed by atoms with Gasteiger partial charge in [-0.05, 0) is 131 Å². The summed E-state index contributed by atoms with van der Waals surface area (Å²) >= 11 is 0. The Kier molecular flexibility index (Phi) is 8.06. The molecule has 0 saturated carbocycles. The highest BCUT2D eigenvalue weighted by Gasteiger charge is 2.37. The molecule has 270 valence electrons. The summed E-state index contributed by atoms with van der Waals surface area (Å²) < 4.78 is 0. The minimum absolute atomic E-state index is 0.0849. The van der Waals surface area contributed by atoms with Gasteiger partial charge in [-0.2, -0.15) is 0 Å². The van der Waals surface area contributed by atoms with Crippen molar-refractivity contribution in [2.75, 3.05) is 9.80 Å². The van der Waals surface area contributed by atoms with Crippen LogP contribution in [0.25, 0.3) is 45.2 Å². The Morgan fingerprint density at radius 2 is 1.04 bits per heavy atom. The summed E-state index contributed by atoms with van der Waals surface area (Å²) in [6.07, 6.45) is 9.15. The average molecular weight is 713 g/mol. The summed E-state index contributed by atoms with van der Waals surface area (Å²) in [7, 11) is 0. The van der Waals surface area contributed by atoms with Crippen LogP contribution < -0.4 is 9.80 Å². The Morgan fingerprint density at radius 1 is 0.491 bits per heavy atom. The van der Waals surface area contributed by atoms with Gasteiger partial charge < -0.3 is 9.80 Å². The van der Waals surface area contributed by atoms with E-state index in [9.17, 15) is 0 Å². The second-order valence-corrected chi connectivity index (χ2v) is 16.6. The highest BCUT2D eigenvalue weighted by atomic mass is 15.2. The van der Waals surface area contributed by atoms with Crippen LogP contribution in [0.2, 0.25) is 0 Å². The van der Waals surface area contributed by atoms with Crippen LogP contribution in [0.5, 0.6) is 0 Å². The first kappa shape index (κ1) is 33.7. The van der Waals surface area contributed by atoms with E-state index in [1.807, 2.05) is 0 Å². The molecule has 2 aliphatic heterocycles. The van der Waals surface area contributed by atoms with Crippen LogP contribution in [0.3, 0.4) is 0 Å². The fourth-order valence-electron chi connectivity index (χ4n) is 9.84. The molecule has 0 spiro atoms. The van der Waals surface area contributed by atoms with Crippen molar-refractivity contribution in [1.29, 1.82) is 0 Å². The van der Waals surface area contributed by atoms with Crippen LogP contribution in [0, 0.1) is 0 Å². The van der Waals surface area contributed by atoms with Crippen molar-refractivity contribution in [1.82, 2.24) is 0 Å². The molecular formula is C53H48N2. The number of hydrogen-bond acceptors (Lipinski definition) is 2. The first-order valence-electron chi connectivity index (χ1n) is 20.2. The standard InChI is InChI=1S/C53H48N2/c1-35-17-24-40-11-5-9-15-50(40)54(35)42-28-30-46-45-29-23-38(33-48(45)53(3,4)49(46)34-42)20-19-37-21-26-39(27-22-37)43-31-32-52(47-14-8-7-13-44(43)47)55-36(2)18-25-41-12-6-10-16-51(41)55/h5-16,19-23,26-36H,17-18,24-25H2,1-4H3/b20-19+. The van der Waals surface area contributed by atoms with Crippen molar-refractivity contribution in [2.45, 2.75) is 70.9 Å². The first-order chi connectivity index (χ1) is 26.8. The van der Waals surface area contributed by atoms with Gasteiger partial charge in [0.25, 0.3) is 0 Å². The molecule has 0 amide bonds. The van der Waals surface area contributed by atoms with E-state index in [2.05, 4.69) is 195 Å². The highest BCUT2D eigenvalue weighted by Crippen LogP contribution is 2.51. The van der Waals surface area contributed by atoms with Crippen molar-refractivity contribution in [3.05, 3.63) is 179 Å². The quantitative estimate of drug-likeness (QED) is 0.164. The molecule has 0 aromatic heterocycles. The molecule has 2 heterocycles. The second kappa shape index (κ2) is 13.2. The Balaban J connectivity index is 0.915. The fraction of sp³-hybridized carbons (Fsp3) is 0.208. The molecule has 7 aromatic rings. The van der Waals surface area contributed by atoms with Crippen LogP contribution in [-0.2, 0) is 18.3 Å². The number of aryl methyl sites for hydroxylation is 2. The number of fused-ring (bicyclic) bond motifs is 6. The van der Waals surface area contributed by atoms with Crippen molar-refractivity contribution in [3.8, 4) is 22.3 Å². The Morgan fingerprint density at radius 3 is 1.76 bits per heavy atom. The summed E-state index contributed by atoms with van der Waals surface area (Å²) in [6, 6.07) is 55.6. The number of hydrogen-bond donors (Lipinski definition) is 0. The Labute approximate surface area is 326 Å². The lowest BCUT2D eigenvalue weighted by atomic mass is 9.81. The molecule has 2 atom stereocenters. The second-order valence-electron chi connectivity index (χ2n) is 16.6. The van der Waals surface area contributed by atoms with Crippen molar-refractivity contribution >= 4 is 45.7 Å². The zero-order chi connectivity index (χ0) is 37.3. The van der Waals surface area contributed by atoms with Gasteiger partial charge in [-0.3, -0.25) is 0 Å². The van der Waals surface area contributed by atoms with Crippen molar-refractivity contribution in [3.63, 3.8) is 0 Å². The summed E-state index contributed by atoms with van der Waals surface area (Å²) in [5.74, 6) is 0. The zero-order valence-electron chi connectivity index (χ0n) is 32.4. The SMILES string of the molecule is CC1CCc2ccccc2N1c1ccc2c(c1)C(C)(C)c1cc(/C=C/c3ccc(-c4ccc(N5c6ccccc6CCC5C)c5ccccc45)cc3)ccc1-2. The predicted octanol–water partition coefficient (Wildman–Crippen LogP) is 13.9. The molecule has 2 nitrogen and oxygen atoms in total. The molecule has 0 saturated heterocycles. The van der Waals surface area contributed by atoms with Gasteiger partial charge in [-0.1, -0.05) is 141 Å². The maximum Gasteiger partial charge on any atom is 0.0493 e. The van der Waals surface area contributed by atoms with Gasteiger partial charge >= 0.3 is 0 Å². The van der Waals surface area contributed by atoms with E-state index >= 15 is 0 Å². The van der Waals surface area contributed by atoms with E-state index in [1.54, 1.807) is 0 Å². The fourth-order valence-corrected chi connectivity index (χ4v) is 9.84. The van der Waals surface area contributed by atoms with Gasteiger partial charge in [0.1, 0.15) is 0 Å². The van der Waals surface area contributed by atoms with Gasteiger partial charge in [0, 0.05) is 45.6 Å². The number of nitrogens with zero attached hydrogens (tertiary/aromatic N) is 2. The molecule has 0 N–H and O–H groups in total. The smallest absolute Gasteiger partial charge is 0.0493 e. The topological polar surface area (TPSA) is 6.48 Å². The van der Waals surface area contributed by atoms with E-state index in [0.717, 1.165) is 19.3 Å². The van der Waals surface area contributed by atoms with Gasteiger partial charge in [0.15, 0.2) is 0 Å². The lowest BCUT2D eigenvalue weighted by Gasteiger charge is -2.38. The number of para-hydroxylation sites is 2. The number of rotatable bonds is 5. The largest absolute Gasteiger partial charge is 0.338 e. The minimum Gasteiger partial charge on any atom is -0.338 e. The summed E-state index contributed by atoms with van der Waals surface area (Å²) in [5, 5.41) is 2.60. The minimum atomic E-state index is -0.0849. The Bertz CT molecular complexity index is 2630. The maximum absolute atomic E-state index is 2.56. The highest BCUT2D eigenvalue weighted by molar-refractivity contribution is 6.05. The molecule has 55 heavy (non-hydrogen) atoms. The average Bonchev–Trinajstić information content (AvgIpc) is 3.44. The zero-order valence-corrected chi connectivity index (χ0v) is 32.4. The van der Waals surface area contributed by atoms with E-state index in [-0.39, 0.29) is 5.41 Å². The van der Waals surface area contributed by atoms with Gasteiger partial charge in [-0.25, -0.2) is 0 Å². The van der Waals surface area contributed by atoms with Gasteiger partial charge in [0.2, 0.25) is 0 Å². The predicted molar refractivity (Wildman–Crippen MR) is 235 cm³/mol. The normalized spacial score (nSPS) is 18.3. The van der Waals surface area contributed by atoms with Crippen LogP contribution >= 0.6 is 0 Å². The molecule has 7 aromatic carbocycles. The van der Waals surface area contributed by atoms with Crippen LogP contribution in [0.1, 0.15) is 73.9 Å². The lowest BCUT2D eigenvalue weighted by molar-refractivity contribution is 0.616. The summed E-state index contributed by atoms with van der Waals surface area (Å²) in [4.78, 5) is 5.12. The van der Waals surface area contributed by atoms with E-state index in [0.29, 0.717) is 12.1 Å². The molecule has 0 radical (unpaired) electrons. The van der Waals surface area contributed by atoms with Crippen LogP contribution in [0.15, 0.2) is 146 Å². The van der Waals surface area contributed by atoms with Crippen molar-refractivity contribution in [2.24, 2.45) is 0 Å². The maximum atomic E-state index is 2.56. The summed E-state index contributed by atoms with van der Waals surface area (Å²) in [5.41, 5.74) is 18.6. The third-order valence-electron chi connectivity index (χ3n) is 12.9. The third-order valence-corrected chi connectivity index (χ3v) is 12.9. The molecule has 3 aliphatic rings. The molecule has 2 heteroatoms. The molecular weight excluding hydrogens is 665 g/mol. The van der Waals surface area contributed by atoms with E-state index in [1.165, 1.54) is 95.6 Å². The molecule has 2 unspecified atom stereocenters. The first-order valence-corrected chi connectivity index (χ1v) is 20.2. The monoisotopic (exact) mass is 712 g/mol. The Hall–Kier alpha value is -5.86. The third kappa shape index (κ3) is 5.61. The molecule has 0 fully saturated rings. The van der Waals surface area contributed by atoms with E-state index in [4.69, 9.17) is 0 Å². The van der Waals surface area contributed by atoms with Crippen LogP contribution in [0.4, 0.5) is 22.7 Å². The molecule has 10 rings (SSSR count). The molecule has 0 bridgehead atoms. The number of anilines is 4. The van der Waals surface area contributed by atoms with Gasteiger partial charge in [0.05, 0.1) is 0 Å².